The molecule has 5 aromatic carbocycles. The quantitative estimate of drug-likeness (QED) is 0.276. The van der Waals surface area contributed by atoms with Crippen LogP contribution < -0.4 is 20.9 Å². The van der Waals surface area contributed by atoms with E-state index in [1.54, 1.807) is 0 Å². The molecule has 0 bridgehead atoms. The van der Waals surface area contributed by atoms with Gasteiger partial charge in [-0.1, -0.05) is 115 Å². The maximum Gasteiger partial charge on any atom is 0.120 e. The lowest BCUT2D eigenvalue weighted by Crippen LogP contribution is -2.67. The lowest BCUT2D eigenvalue weighted by atomic mass is 10.1. The molecule has 0 aliphatic carbocycles. The van der Waals surface area contributed by atoms with E-state index in [9.17, 15) is 0 Å². The zero-order valence-electron chi connectivity index (χ0n) is 20.7. The predicted molar refractivity (Wildman–Crippen MR) is 154 cm³/mol. The van der Waals surface area contributed by atoms with Gasteiger partial charge in [-0.15, -0.1) is 0 Å². The molecule has 1 aliphatic heterocycles. The van der Waals surface area contributed by atoms with Crippen molar-refractivity contribution >= 4 is 11.4 Å². The fourth-order valence-electron chi connectivity index (χ4n) is 4.81. The van der Waals surface area contributed by atoms with E-state index in [0.717, 1.165) is 17.8 Å². The Morgan fingerprint density at radius 1 is 0.459 bits per heavy atom. The van der Waals surface area contributed by atoms with Gasteiger partial charge >= 0.3 is 0 Å². The Hall–Kier alpha value is -4.38. The Morgan fingerprint density at radius 3 is 1.27 bits per heavy atom. The summed E-state index contributed by atoms with van der Waals surface area (Å²) in [6, 6.07) is 49.2. The highest BCUT2D eigenvalue weighted by molar-refractivity contribution is 5.68. The molecular weight excluding hydrogens is 452 g/mol. The van der Waals surface area contributed by atoms with E-state index < -0.39 is 0 Å². The molecule has 2 N–H and O–H groups in total. The van der Waals surface area contributed by atoms with Gasteiger partial charge in [0.05, 0.1) is 17.5 Å². The number of rotatable bonds is 6. The Bertz CT molecular complexity index is 1310. The smallest absolute Gasteiger partial charge is 0.120 e. The lowest BCUT2D eigenvalue weighted by molar-refractivity contribution is 0.339. The van der Waals surface area contributed by atoms with Gasteiger partial charge < -0.3 is 0 Å². The molecule has 1 heterocycles. The number of anilines is 2. The number of hydrogen-bond acceptors (Lipinski definition) is 4. The molecule has 0 radical (unpaired) electrons. The van der Waals surface area contributed by atoms with Gasteiger partial charge in [0.1, 0.15) is 6.67 Å². The summed E-state index contributed by atoms with van der Waals surface area (Å²) in [5, 5.41) is 4.45. The van der Waals surface area contributed by atoms with E-state index in [4.69, 9.17) is 0 Å². The summed E-state index contributed by atoms with van der Waals surface area (Å²) in [4.78, 5) is 0. The van der Waals surface area contributed by atoms with Crippen LogP contribution in [0.1, 0.15) is 5.56 Å². The molecule has 0 spiro atoms. The first kappa shape index (κ1) is 23.0. The van der Waals surface area contributed by atoms with Crippen LogP contribution in [0, 0.1) is 0 Å². The summed E-state index contributed by atoms with van der Waals surface area (Å²) in [5.41, 5.74) is 15.8. The van der Waals surface area contributed by atoms with Crippen LogP contribution in [0.5, 0.6) is 0 Å². The number of nitrogens with zero attached hydrogens (tertiary/aromatic N) is 2. The summed E-state index contributed by atoms with van der Waals surface area (Å²) in [7, 11) is 0. The van der Waals surface area contributed by atoms with Crippen molar-refractivity contribution < 1.29 is 0 Å². The minimum atomic E-state index is 0.0405. The molecular formula is C33H30N4. The van der Waals surface area contributed by atoms with Gasteiger partial charge in [0.2, 0.25) is 0 Å². The number of nitrogens with one attached hydrogen (secondary N) is 2. The summed E-state index contributed by atoms with van der Waals surface area (Å²) < 4.78 is 0. The normalized spacial score (nSPS) is 14.1. The van der Waals surface area contributed by atoms with Crippen LogP contribution in [0.3, 0.4) is 0 Å². The molecule has 4 nitrogen and oxygen atoms in total. The fraction of sp³-hybridized carbons (Fsp3) is 0.0909. The summed E-state index contributed by atoms with van der Waals surface area (Å²) in [6.45, 7) is 0.667. The van der Waals surface area contributed by atoms with Crippen LogP contribution in [0.15, 0.2) is 140 Å². The second kappa shape index (κ2) is 10.7. The Kier molecular flexibility index (Phi) is 6.67. The average molecular weight is 483 g/mol. The first-order valence-corrected chi connectivity index (χ1v) is 12.7. The van der Waals surface area contributed by atoms with E-state index in [2.05, 4.69) is 160 Å². The second-order valence-corrected chi connectivity index (χ2v) is 9.32. The largest absolute Gasteiger partial charge is 0.286 e. The van der Waals surface area contributed by atoms with Gasteiger partial charge in [0.15, 0.2) is 0 Å². The molecule has 6 rings (SSSR count). The summed E-state index contributed by atoms with van der Waals surface area (Å²) in [5.74, 6) is 0. The van der Waals surface area contributed by atoms with E-state index in [1.165, 1.54) is 27.8 Å². The third-order valence-corrected chi connectivity index (χ3v) is 6.76. The Balaban J connectivity index is 1.26. The summed E-state index contributed by atoms with van der Waals surface area (Å²) in [6.07, 6.45) is 0.900. The molecule has 0 unspecified atom stereocenters. The maximum atomic E-state index is 3.69. The topological polar surface area (TPSA) is 30.5 Å². The minimum Gasteiger partial charge on any atom is -0.286 e. The highest BCUT2D eigenvalue weighted by Crippen LogP contribution is 2.26. The Morgan fingerprint density at radius 2 is 0.838 bits per heavy atom. The highest BCUT2D eigenvalue weighted by atomic mass is 15.7. The first-order valence-electron chi connectivity index (χ1n) is 12.7. The molecule has 1 aliphatic rings. The van der Waals surface area contributed by atoms with Crippen molar-refractivity contribution in [3.63, 3.8) is 0 Å². The van der Waals surface area contributed by atoms with Crippen LogP contribution in [0.4, 0.5) is 11.4 Å². The third-order valence-electron chi connectivity index (χ3n) is 6.76. The van der Waals surface area contributed by atoms with Crippen molar-refractivity contribution in [1.82, 2.24) is 10.9 Å². The maximum absolute atomic E-state index is 3.69. The zero-order chi connectivity index (χ0) is 24.9. The molecule has 182 valence electrons. The van der Waals surface area contributed by atoms with Gasteiger partial charge in [-0.25, -0.2) is 10.9 Å². The number of hydrogen-bond donors (Lipinski definition) is 2. The third kappa shape index (κ3) is 5.41. The van der Waals surface area contributed by atoms with Gasteiger partial charge in [0.25, 0.3) is 0 Å². The molecule has 1 saturated heterocycles. The summed E-state index contributed by atoms with van der Waals surface area (Å²) >= 11 is 0. The van der Waals surface area contributed by atoms with E-state index in [0.29, 0.717) is 6.67 Å². The lowest BCUT2D eigenvalue weighted by Gasteiger charge is -2.43. The first-order chi connectivity index (χ1) is 18.3. The Labute approximate surface area is 218 Å². The molecule has 1 fully saturated rings. The van der Waals surface area contributed by atoms with Gasteiger partial charge in [-0.2, -0.15) is 0 Å². The molecule has 4 heteroatoms. The molecule has 0 amide bonds. The highest BCUT2D eigenvalue weighted by Gasteiger charge is 2.25. The van der Waals surface area contributed by atoms with E-state index >= 15 is 0 Å². The van der Waals surface area contributed by atoms with Crippen LogP contribution in [0.2, 0.25) is 0 Å². The molecule has 5 aromatic rings. The van der Waals surface area contributed by atoms with E-state index in [-0.39, 0.29) is 6.17 Å². The molecule has 37 heavy (non-hydrogen) atoms. The van der Waals surface area contributed by atoms with Gasteiger partial charge in [0, 0.05) is 6.42 Å². The van der Waals surface area contributed by atoms with Crippen LogP contribution in [0.25, 0.3) is 22.3 Å². The van der Waals surface area contributed by atoms with Crippen molar-refractivity contribution in [2.45, 2.75) is 12.6 Å². The average Bonchev–Trinajstić information content (AvgIpc) is 2.99. The zero-order valence-corrected chi connectivity index (χ0v) is 20.7. The molecule has 0 atom stereocenters. The standard InChI is InChI=1S/C33H30N4/c1-4-10-26(11-5-1)24-33-34-36(31-20-16-29(17-21-31)27-12-6-2-7-13-27)25-37(35-33)32-22-18-30(19-23-32)28-14-8-3-9-15-28/h1-23,33-35H,24-25H2. The monoisotopic (exact) mass is 482 g/mol. The SMILES string of the molecule is c1ccc(CC2NN(c3ccc(-c4ccccc4)cc3)CN(c3ccc(-c4ccccc4)cc3)N2)cc1. The van der Waals surface area contributed by atoms with Gasteiger partial charge in [-0.05, 0) is 52.1 Å². The molecule has 0 saturated carbocycles. The van der Waals surface area contributed by atoms with Crippen molar-refractivity contribution in [2.75, 3.05) is 16.7 Å². The fourth-order valence-corrected chi connectivity index (χ4v) is 4.81. The van der Waals surface area contributed by atoms with Crippen LogP contribution in [-0.4, -0.2) is 12.8 Å². The van der Waals surface area contributed by atoms with Crippen molar-refractivity contribution in [3.05, 3.63) is 145 Å². The van der Waals surface area contributed by atoms with Crippen molar-refractivity contribution in [2.24, 2.45) is 0 Å². The van der Waals surface area contributed by atoms with Crippen LogP contribution in [-0.2, 0) is 6.42 Å². The molecule has 0 aromatic heterocycles. The predicted octanol–water partition coefficient (Wildman–Crippen LogP) is 6.88. The van der Waals surface area contributed by atoms with Crippen molar-refractivity contribution in [1.29, 1.82) is 0 Å². The van der Waals surface area contributed by atoms with E-state index in [1.807, 2.05) is 0 Å². The number of benzene rings is 5. The second-order valence-electron chi connectivity index (χ2n) is 9.32. The van der Waals surface area contributed by atoms with Crippen molar-refractivity contribution in [3.8, 4) is 22.3 Å². The minimum absolute atomic E-state index is 0.0405. The number of hydrazine groups is 2. The van der Waals surface area contributed by atoms with Crippen LogP contribution >= 0.6 is 0 Å². The van der Waals surface area contributed by atoms with Gasteiger partial charge in [-0.3, -0.25) is 10.0 Å².